The molecule has 2 amide bonds. The first-order valence-electron chi connectivity index (χ1n) is 8.75. The number of nitriles is 1. The summed E-state index contributed by atoms with van der Waals surface area (Å²) in [5.41, 5.74) is 0.998. The number of piperidine rings is 1. The standard InChI is InChI=1S/C19H18Cl2N4O2S/c20-14-5-4-13(9-15(14)21)23-18(27)16-3-1-2-7-25(16)11-17(26)24-19-12(10-22)6-8-28-19/h4-6,8-9,16H,1-3,7,11H2,(H,23,27)(H,24,26). The molecule has 9 heteroatoms. The monoisotopic (exact) mass is 436 g/mol. The molecular weight excluding hydrogens is 419 g/mol. The fraction of sp³-hybridized carbons (Fsp3) is 0.316. The number of benzene rings is 1. The zero-order chi connectivity index (χ0) is 20.1. The topological polar surface area (TPSA) is 85.2 Å². The maximum absolute atomic E-state index is 12.8. The molecule has 1 unspecified atom stereocenters. The molecule has 1 fully saturated rings. The van der Waals surface area contributed by atoms with Crippen LogP contribution >= 0.6 is 34.5 Å². The molecule has 0 bridgehead atoms. The van der Waals surface area contributed by atoms with Crippen LogP contribution in [0.1, 0.15) is 24.8 Å². The first kappa shape index (κ1) is 20.6. The van der Waals surface area contributed by atoms with Gasteiger partial charge in [-0.2, -0.15) is 5.26 Å². The second-order valence-electron chi connectivity index (χ2n) is 6.42. The Morgan fingerprint density at radius 3 is 2.79 bits per heavy atom. The number of anilines is 2. The molecule has 1 aliphatic rings. The number of nitrogens with zero attached hydrogens (tertiary/aromatic N) is 2. The van der Waals surface area contributed by atoms with E-state index in [0.29, 0.717) is 39.3 Å². The van der Waals surface area contributed by atoms with Gasteiger partial charge in [0.05, 0.1) is 28.2 Å². The number of rotatable bonds is 5. The Kier molecular flexibility index (Phi) is 6.92. The van der Waals surface area contributed by atoms with Crippen LogP contribution in [-0.4, -0.2) is 35.8 Å². The van der Waals surface area contributed by atoms with Gasteiger partial charge in [0.2, 0.25) is 11.8 Å². The molecule has 1 atom stereocenters. The molecule has 2 aromatic rings. The molecular formula is C19H18Cl2N4O2S. The van der Waals surface area contributed by atoms with Crippen LogP contribution in [0.3, 0.4) is 0 Å². The van der Waals surface area contributed by atoms with E-state index in [4.69, 9.17) is 28.5 Å². The first-order chi connectivity index (χ1) is 13.5. The van der Waals surface area contributed by atoms with Crippen molar-refractivity contribution < 1.29 is 9.59 Å². The number of amides is 2. The largest absolute Gasteiger partial charge is 0.325 e. The van der Waals surface area contributed by atoms with Gasteiger partial charge in [-0.25, -0.2) is 0 Å². The Morgan fingerprint density at radius 1 is 1.21 bits per heavy atom. The highest BCUT2D eigenvalue weighted by molar-refractivity contribution is 7.14. The number of halogens is 2. The van der Waals surface area contributed by atoms with E-state index < -0.39 is 6.04 Å². The summed E-state index contributed by atoms with van der Waals surface area (Å²) in [6.07, 6.45) is 2.51. The number of nitrogens with one attached hydrogen (secondary N) is 2. The second kappa shape index (κ2) is 9.39. The lowest BCUT2D eigenvalue weighted by atomic mass is 10.0. The lowest BCUT2D eigenvalue weighted by Crippen LogP contribution is -2.49. The van der Waals surface area contributed by atoms with Crippen molar-refractivity contribution in [1.29, 1.82) is 5.26 Å². The van der Waals surface area contributed by atoms with Crippen molar-refractivity contribution in [2.45, 2.75) is 25.3 Å². The van der Waals surface area contributed by atoms with Crippen LogP contribution in [0.25, 0.3) is 0 Å². The molecule has 0 aliphatic carbocycles. The van der Waals surface area contributed by atoms with E-state index in [0.717, 1.165) is 12.8 Å². The Labute approximate surface area is 177 Å². The predicted octanol–water partition coefficient (Wildman–Crippen LogP) is 4.36. The van der Waals surface area contributed by atoms with Gasteiger partial charge < -0.3 is 10.6 Å². The average Bonchev–Trinajstić information content (AvgIpc) is 3.12. The summed E-state index contributed by atoms with van der Waals surface area (Å²) >= 11 is 13.2. The number of hydrogen-bond donors (Lipinski definition) is 2. The van der Waals surface area contributed by atoms with Gasteiger partial charge in [0, 0.05) is 5.69 Å². The minimum Gasteiger partial charge on any atom is -0.325 e. The lowest BCUT2D eigenvalue weighted by Gasteiger charge is -2.34. The Morgan fingerprint density at radius 2 is 2.04 bits per heavy atom. The Hall–Kier alpha value is -2.11. The number of carbonyl (C=O) groups is 2. The summed E-state index contributed by atoms with van der Waals surface area (Å²) < 4.78 is 0. The van der Waals surface area contributed by atoms with Crippen molar-refractivity contribution >= 4 is 57.0 Å². The van der Waals surface area contributed by atoms with E-state index >= 15 is 0 Å². The summed E-state index contributed by atoms with van der Waals surface area (Å²) in [6.45, 7) is 0.741. The highest BCUT2D eigenvalue weighted by Crippen LogP contribution is 2.26. The fourth-order valence-corrected chi connectivity index (χ4v) is 4.17. The molecule has 1 saturated heterocycles. The highest BCUT2D eigenvalue weighted by atomic mass is 35.5. The van der Waals surface area contributed by atoms with Gasteiger partial charge in [0.15, 0.2) is 0 Å². The van der Waals surface area contributed by atoms with Gasteiger partial charge in [0.25, 0.3) is 0 Å². The van der Waals surface area contributed by atoms with Crippen molar-refractivity contribution in [2.75, 3.05) is 23.7 Å². The molecule has 1 aromatic carbocycles. The van der Waals surface area contributed by atoms with Gasteiger partial charge in [-0.3, -0.25) is 14.5 Å². The van der Waals surface area contributed by atoms with E-state index in [1.165, 1.54) is 11.3 Å². The minimum absolute atomic E-state index is 0.0855. The van der Waals surface area contributed by atoms with Gasteiger partial charge in [-0.15, -0.1) is 11.3 Å². The minimum atomic E-state index is -0.410. The van der Waals surface area contributed by atoms with Crippen LogP contribution in [0.2, 0.25) is 10.0 Å². The van der Waals surface area contributed by atoms with E-state index in [1.54, 1.807) is 29.6 Å². The summed E-state index contributed by atoms with van der Waals surface area (Å²) in [5.74, 6) is -0.423. The zero-order valence-electron chi connectivity index (χ0n) is 14.9. The quantitative estimate of drug-likeness (QED) is 0.728. The highest BCUT2D eigenvalue weighted by Gasteiger charge is 2.30. The van der Waals surface area contributed by atoms with Crippen LogP contribution in [0.15, 0.2) is 29.6 Å². The van der Waals surface area contributed by atoms with Gasteiger partial charge in [0.1, 0.15) is 11.1 Å². The van der Waals surface area contributed by atoms with Crippen LogP contribution < -0.4 is 10.6 Å². The smallest absolute Gasteiger partial charge is 0.241 e. The molecule has 2 N–H and O–H groups in total. The van der Waals surface area contributed by atoms with Gasteiger partial charge in [-0.1, -0.05) is 29.6 Å². The summed E-state index contributed by atoms with van der Waals surface area (Å²) in [5, 5.41) is 17.7. The number of hydrogen-bond acceptors (Lipinski definition) is 5. The van der Waals surface area contributed by atoms with Crippen LogP contribution in [0.4, 0.5) is 10.7 Å². The third kappa shape index (κ3) is 5.03. The number of carbonyl (C=O) groups excluding carboxylic acids is 2. The second-order valence-corrected chi connectivity index (χ2v) is 8.15. The van der Waals surface area contributed by atoms with E-state index in [1.807, 2.05) is 11.0 Å². The maximum atomic E-state index is 12.8. The van der Waals surface area contributed by atoms with Gasteiger partial charge in [-0.05, 0) is 49.0 Å². The normalized spacial score (nSPS) is 17.0. The van der Waals surface area contributed by atoms with Crippen LogP contribution in [0, 0.1) is 11.3 Å². The summed E-state index contributed by atoms with van der Waals surface area (Å²) in [6, 6.07) is 8.21. The molecule has 6 nitrogen and oxygen atoms in total. The summed E-state index contributed by atoms with van der Waals surface area (Å²) in [4.78, 5) is 27.1. The predicted molar refractivity (Wildman–Crippen MR) is 112 cm³/mol. The fourth-order valence-electron chi connectivity index (χ4n) is 3.12. The number of thiophene rings is 1. The molecule has 28 heavy (non-hydrogen) atoms. The average molecular weight is 437 g/mol. The van der Waals surface area contributed by atoms with Crippen LogP contribution in [-0.2, 0) is 9.59 Å². The Bertz CT molecular complexity index is 925. The molecule has 1 aromatic heterocycles. The molecule has 146 valence electrons. The number of likely N-dealkylation sites (tertiary alicyclic amines) is 1. The van der Waals surface area contributed by atoms with Crippen molar-refractivity contribution in [3.8, 4) is 6.07 Å². The molecule has 3 rings (SSSR count). The maximum Gasteiger partial charge on any atom is 0.241 e. The Balaban J connectivity index is 1.64. The first-order valence-corrected chi connectivity index (χ1v) is 10.4. The third-order valence-electron chi connectivity index (χ3n) is 4.49. The SMILES string of the molecule is N#Cc1ccsc1NC(=O)CN1CCCCC1C(=O)Nc1ccc(Cl)c(Cl)c1. The van der Waals surface area contributed by atoms with Crippen molar-refractivity contribution in [3.63, 3.8) is 0 Å². The van der Waals surface area contributed by atoms with E-state index in [2.05, 4.69) is 10.6 Å². The van der Waals surface area contributed by atoms with E-state index in [9.17, 15) is 9.59 Å². The van der Waals surface area contributed by atoms with Gasteiger partial charge >= 0.3 is 0 Å². The van der Waals surface area contributed by atoms with E-state index in [-0.39, 0.29) is 18.4 Å². The molecule has 0 spiro atoms. The van der Waals surface area contributed by atoms with Crippen molar-refractivity contribution in [2.24, 2.45) is 0 Å². The molecule has 1 aliphatic heterocycles. The lowest BCUT2D eigenvalue weighted by molar-refractivity contribution is -0.124. The third-order valence-corrected chi connectivity index (χ3v) is 6.06. The van der Waals surface area contributed by atoms with Crippen molar-refractivity contribution in [3.05, 3.63) is 45.3 Å². The molecule has 0 saturated carbocycles. The zero-order valence-corrected chi connectivity index (χ0v) is 17.2. The van der Waals surface area contributed by atoms with Crippen LogP contribution in [0.5, 0.6) is 0 Å². The van der Waals surface area contributed by atoms with Crippen molar-refractivity contribution in [1.82, 2.24) is 4.90 Å². The molecule has 0 radical (unpaired) electrons. The molecule has 2 heterocycles. The summed E-state index contributed by atoms with van der Waals surface area (Å²) in [7, 11) is 0.